The summed E-state index contributed by atoms with van der Waals surface area (Å²) in [5.41, 5.74) is -2.80. The Balaban J connectivity index is 5.19. The molecule has 0 aliphatic carbocycles. The Morgan fingerprint density at radius 3 is 1.71 bits per heavy atom. The second-order valence-corrected chi connectivity index (χ2v) is 3.05. The Bertz CT molecular complexity index is 213. The van der Waals surface area contributed by atoms with Crippen molar-refractivity contribution < 1.29 is 23.1 Å². The van der Waals surface area contributed by atoms with Crippen molar-refractivity contribution in [3.05, 3.63) is 0 Å². The molecule has 0 heterocycles. The molecule has 0 aromatic carbocycles. The van der Waals surface area contributed by atoms with Crippen LogP contribution in [0.5, 0.6) is 0 Å². The van der Waals surface area contributed by atoms with Crippen LogP contribution in [0.25, 0.3) is 0 Å². The van der Waals surface area contributed by atoms with Crippen molar-refractivity contribution in [2.24, 2.45) is 0 Å². The maximum Gasteiger partial charge on any atom is 0.417 e. The highest BCUT2D eigenvalue weighted by Crippen LogP contribution is 2.35. The zero-order valence-electron chi connectivity index (χ0n) is 8.35. The van der Waals surface area contributed by atoms with E-state index in [-0.39, 0.29) is 13.1 Å². The van der Waals surface area contributed by atoms with E-state index in [2.05, 4.69) is 0 Å². The lowest BCUT2D eigenvalue weighted by Gasteiger charge is -2.37. The summed E-state index contributed by atoms with van der Waals surface area (Å²) in [5.74, 6) is -1.87. The second kappa shape index (κ2) is 4.16. The quantitative estimate of drug-likeness (QED) is 0.773. The number of carboxylic acid groups (broad SMARTS) is 1. The van der Waals surface area contributed by atoms with Crippen molar-refractivity contribution in [3.8, 4) is 0 Å². The van der Waals surface area contributed by atoms with Crippen LogP contribution in [0.4, 0.5) is 13.2 Å². The first-order valence-electron chi connectivity index (χ1n) is 4.26. The van der Waals surface area contributed by atoms with Crippen molar-refractivity contribution in [1.82, 2.24) is 4.90 Å². The van der Waals surface area contributed by atoms with Crippen molar-refractivity contribution in [2.75, 3.05) is 13.1 Å². The lowest BCUT2D eigenvalue weighted by Crippen LogP contribution is -2.61. The minimum absolute atomic E-state index is 0.0405. The Hall–Kier alpha value is -0.780. The maximum absolute atomic E-state index is 12.6. The Morgan fingerprint density at radius 1 is 1.29 bits per heavy atom. The minimum Gasteiger partial charge on any atom is -0.480 e. The van der Waals surface area contributed by atoms with Crippen molar-refractivity contribution in [3.63, 3.8) is 0 Å². The molecule has 0 amide bonds. The number of hydrogen-bond donors (Lipinski definition) is 1. The molecular formula is C8H14F3NO2. The number of alkyl halides is 3. The molecule has 0 aliphatic rings. The zero-order valence-corrected chi connectivity index (χ0v) is 8.35. The van der Waals surface area contributed by atoms with Gasteiger partial charge in [0, 0.05) is 0 Å². The van der Waals surface area contributed by atoms with E-state index in [0.29, 0.717) is 6.92 Å². The van der Waals surface area contributed by atoms with Gasteiger partial charge in [-0.1, -0.05) is 13.8 Å². The number of carboxylic acids is 1. The normalized spacial score (nSPS) is 16.8. The molecule has 1 atom stereocenters. The molecule has 0 saturated heterocycles. The minimum atomic E-state index is -4.77. The van der Waals surface area contributed by atoms with E-state index in [0.717, 1.165) is 4.90 Å². The highest BCUT2D eigenvalue weighted by Gasteiger charge is 2.60. The van der Waals surface area contributed by atoms with E-state index in [9.17, 15) is 18.0 Å². The highest BCUT2D eigenvalue weighted by atomic mass is 19.4. The van der Waals surface area contributed by atoms with Crippen LogP contribution in [0.3, 0.4) is 0 Å². The van der Waals surface area contributed by atoms with Gasteiger partial charge in [-0.3, -0.25) is 4.90 Å². The summed E-state index contributed by atoms with van der Waals surface area (Å²) in [5, 5.41) is 8.64. The first-order chi connectivity index (χ1) is 6.21. The summed E-state index contributed by atoms with van der Waals surface area (Å²) in [6.45, 7) is 3.76. The number of halogens is 3. The molecule has 0 aromatic rings. The van der Waals surface area contributed by atoms with Crippen LogP contribution in [0, 0.1) is 0 Å². The van der Waals surface area contributed by atoms with Crippen molar-refractivity contribution in [1.29, 1.82) is 0 Å². The smallest absolute Gasteiger partial charge is 0.417 e. The molecule has 1 N–H and O–H groups in total. The van der Waals surface area contributed by atoms with E-state index in [1.807, 2.05) is 0 Å². The van der Waals surface area contributed by atoms with Crippen LogP contribution in [0.15, 0.2) is 0 Å². The highest BCUT2D eigenvalue weighted by molar-refractivity contribution is 5.79. The third-order valence-electron chi connectivity index (χ3n) is 2.36. The number of rotatable bonds is 4. The fourth-order valence-corrected chi connectivity index (χ4v) is 1.29. The molecule has 84 valence electrons. The van der Waals surface area contributed by atoms with Crippen molar-refractivity contribution >= 4 is 5.97 Å². The van der Waals surface area contributed by atoms with Gasteiger partial charge in [0.25, 0.3) is 0 Å². The lowest BCUT2D eigenvalue weighted by atomic mass is 9.99. The maximum atomic E-state index is 12.6. The van der Waals surface area contributed by atoms with Gasteiger partial charge in [-0.2, -0.15) is 13.2 Å². The van der Waals surface area contributed by atoms with E-state index in [4.69, 9.17) is 5.11 Å². The summed E-state index contributed by atoms with van der Waals surface area (Å²) < 4.78 is 37.7. The predicted octanol–water partition coefficient (Wildman–Crippen LogP) is 1.73. The van der Waals surface area contributed by atoms with E-state index in [1.54, 1.807) is 0 Å². The summed E-state index contributed by atoms with van der Waals surface area (Å²) in [6, 6.07) is 0. The van der Waals surface area contributed by atoms with E-state index in [1.165, 1.54) is 13.8 Å². The summed E-state index contributed by atoms with van der Waals surface area (Å²) in [4.78, 5) is 11.5. The van der Waals surface area contributed by atoms with Crippen LogP contribution in [0.1, 0.15) is 20.8 Å². The number of likely N-dealkylation sites (N-methyl/N-ethyl adjacent to an activating group) is 1. The van der Waals surface area contributed by atoms with Gasteiger partial charge in [-0.25, -0.2) is 4.79 Å². The molecule has 0 rings (SSSR count). The van der Waals surface area contributed by atoms with Gasteiger partial charge in [0.2, 0.25) is 5.54 Å². The van der Waals surface area contributed by atoms with Crippen LogP contribution < -0.4 is 0 Å². The van der Waals surface area contributed by atoms with Gasteiger partial charge in [0.15, 0.2) is 0 Å². The fourth-order valence-electron chi connectivity index (χ4n) is 1.29. The summed E-state index contributed by atoms with van der Waals surface area (Å²) in [7, 11) is 0. The van der Waals surface area contributed by atoms with Gasteiger partial charge in [0.1, 0.15) is 0 Å². The van der Waals surface area contributed by atoms with E-state index < -0.39 is 17.7 Å². The third kappa shape index (κ3) is 2.00. The molecule has 0 radical (unpaired) electrons. The van der Waals surface area contributed by atoms with Crippen LogP contribution in [0.2, 0.25) is 0 Å². The Kier molecular flexibility index (Phi) is 3.93. The fraction of sp³-hybridized carbons (Fsp3) is 0.875. The molecule has 3 nitrogen and oxygen atoms in total. The summed E-state index contributed by atoms with van der Waals surface area (Å²) >= 11 is 0. The monoisotopic (exact) mass is 213 g/mol. The molecule has 0 spiro atoms. The molecule has 0 fully saturated rings. The second-order valence-electron chi connectivity index (χ2n) is 3.05. The number of aliphatic carboxylic acids is 1. The molecule has 1 unspecified atom stereocenters. The topological polar surface area (TPSA) is 40.5 Å². The summed E-state index contributed by atoms with van der Waals surface area (Å²) in [6.07, 6.45) is -4.77. The third-order valence-corrected chi connectivity index (χ3v) is 2.36. The molecular weight excluding hydrogens is 199 g/mol. The number of nitrogens with zero attached hydrogens (tertiary/aromatic N) is 1. The predicted molar refractivity (Wildman–Crippen MR) is 45.0 cm³/mol. The van der Waals surface area contributed by atoms with Gasteiger partial charge in [-0.15, -0.1) is 0 Å². The van der Waals surface area contributed by atoms with Crippen LogP contribution in [-0.4, -0.2) is 40.8 Å². The lowest BCUT2D eigenvalue weighted by molar-refractivity contribution is -0.232. The average Bonchev–Trinajstić information content (AvgIpc) is 2.03. The number of carbonyl (C=O) groups is 1. The van der Waals surface area contributed by atoms with E-state index >= 15 is 0 Å². The molecule has 6 heteroatoms. The number of hydrogen-bond acceptors (Lipinski definition) is 2. The average molecular weight is 213 g/mol. The van der Waals surface area contributed by atoms with Gasteiger partial charge in [-0.05, 0) is 20.0 Å². The standard InChI is InChI=1S/C8H14F3NO2/c1-4-12(5-2)7(3,6(13)14)8(9,10)11/h4-5H2,1-3H3,(H,13,14). The van der Waals surface area contributed by atoms with Crippen LogP contribution in [-0.2, 0) is 4.79 Å². The van der Waals surface area contributed by atoms with Gasteiger partial charge >= 0.3 is 12.1 Å². The molecule has 0 aliphatic heterocycles. The largest absolute Gasteiger partial charge is 0.480 e. The molecule has 0 bridgehead atoms. The Morgan fingerprint density at radius 2 is 1.64 bits per heavy atom. The SMILES string of the molecule is CCN(CC)C(C)(C(=O)O)C(F)(F)F. The Labute approximate surface area is 80.5 Å². The molecule has 14 heavy (non-hydrogen) atoms. The first-order valence-corrected chi connectivity index (χ1v) is 4.26. The zero-order chi connectivity index (χ0) is 11.6. The van der Waals surface area contributed by atoms with Crippen LogP contribution >= 0.6 is 0 Å². The van der Waals surface area contributed by atoms with Gasteiger partial charge in [0.05, 0.1) is 0 Å². The van der Waals surface area contributed by atoms with Gasteiger partial charge < -0.3 is 5.11 Å². The molecule has 0 aromatic heterocycles. The first kappa shape index (κ1) is 13.2. The van der Waals surface area contributed by atoms with Crippen molar-refractivity contribution in [2.45, 2.75) is 32.5 Å². The molecule has 0 saturated carbocycles.